The standard InChI is InChI=1S/C29H26N8O9S2/c30-29-33-16(13-47-29)25(14-5-6-17(38)24(41)22(14)27(42)43)46-32-12-18(39)34-26-15(23(28(44)45)37-20(40)11-21(37)48-26)3-2-8-35-9-10-36-19(35)4-1-7-31-36/h1-7,9-10,12-13,21,25-26,31,38,41H,8,11H2,(H2,30,33)(H,34,39)(H,42,43)(H,44,45)/b3-2+,32-12?. The molecule has 3 atom stereocenters. The fraction of sp³-hybridized carbons (Fsp3) is 0.172. The number of oxime groups is 1. The first kappa shape index (κ1) is 32.0. The first-order valence-corrected chi connectivity index (χ1v) is 15.8. The Labute approximate surface area is 279 Å². The second-order valence-corrected chi connectivity index (χ2v) is 12.5. The number of rotatable bonds is 11. The molecule has 19 heteroatoms. The Hall–Kier alpha value is -5.95. The highest BCUT2D eigenvalue weighted by atomic mass is 32.2. The number of thioether (sulfide) groups is 1. The van der Waals surface area contributed by atoms with Crippen LogP contribution in [0.2, 0.25) is 0 Å². The molecule has 4 aliphatic heterocycles. The zero-order valence-electron chi connectivity index (χ0n) is 24.5. The fourth-order valence-electron chi connectivity index (χ4n) is 5.23. The molecular weight excluding hydrogens is 669 g/mol. The Balaban J connectivity index is 1.22. The summed E-state index contributed by atoms with van der Waals surface area (Å²) in [6, 6.07) is 2.26. The summed E-state index contributed by atoms with van der Waals surface area (Å²) >= 11 is 2.21. The summed E-state index contributed by atoms with van der Waals surface area (Å²) < 4.78 is 0. The number of hydrazine groups is 1. The van der Waals surface area contributed by atoms with Crippen LogP contribution in [0.1, 0.15) is 34.1 Å². The van der Waals surface area contributed by atoms with Crippen molar-refractivity contribution in [3.63, 3.8) is 0 Å². The lowest BCUT2D eigenvalue weighted by Gasteiger charge is -2.46. The number of amides is 2. The molecule has 3 unspecified atom stereocenters. The van der Waals surface area contributed by atoms with Crippen molar-refractivity contribution in [2.75, 3.05) is 12.3 Å². The predicted molar refractivity (Wildman–Crippen MR) is 171 cm³/mol. The van der Waals surface area contributed by atoms with Crippen molar-refractivity contribution in [2.24, 2.45) is 5.16 Å². The molecule has 4 aliphatic rings. The van der Waals surface area contributed by atoms with Crippen LogP contribution in [-0.2, 0) is 19.2 Å². The molecule has 17 nitrogen and oxygen atoms in total. The molecule has 48 heavy (non-hydrogen) atoms. The third kappa shape index (κ3) is 6.10. The third-order valence-electron chi connectivity index (χ3n) is 7.39. The normalized spacial score (nSPS) is 20.4. The van der Waals surface area contributed by atoms with E-state index in [0.717, 1.165) is 29.4 Å². The van der Waals surface area contributed by atoms with Gasteiger partial charge in [0.2, 0.25) is 5.91 Å². The van der Waals surface area contributed by atoms with Crippen LogP contribution in [0.3, 0.4) is 0 Å². The number of β-lactam (4-membered cyclic amide) rings is 1. The van der Waals surface area contributed by atoms with Crippen molar-refractivity contribution >= 4 is 58.2 Å². The minimum absolute atomic E-state index is 0.0922. The van der Waals surface area contributed by atoms with E-state index in [-0.39, 0.29) is 40.0 Å². The molecule has 0 bridgehead atoms. The lowest BCUT2D eigenvalue weighted by Crippen LogP contribution is -2.57. The van der Waals surface area contributed by atoms with Gasteiger partial charge in [-0.2, -0.15) is 0 Å². The molecule has 1 saturated heterocycles. The summed E-state index contributed by atoms with van der Waals surface area (Å²) in [7, 11) is 0. The molecule has 5 heterocycles. The first-order chi connectivity index (χ1) is 23.0. The van der Waals surface area contributed by atoms with E-state index in [1.54, 1.807) is 23.4 Å². The van der Waals surface area contributed by atoms with E-state index in [0.29, 0.717) is 6.54 Å². The Morgan fingerprint density at radius 2 is 2.04 bits per heavy atom. The number of allylic oxidation sites excluding steroid dienone is 2. The number of nitrogens with zero attached hydrogens (tertiary/aromatic N) is 5. The van der Waals surface area contributed by atoms with E-state index in [1.807, 2.05) is 29.5 Å². The maximum Gasteiger partial charge on any atom is 0.353 e. The zero-order valence-corrected chi connectivity index (χ0v) is 26.1. The quantitative estimate of drug-likeness (QED) is 0.0763. The average Bonchev–Trinajstić information content (AvgIpc) is 3.66. The molecule has 1 fully saturated rings. The molecule has 0 saturated carbocycles. The number of hydrogen-bond donors (Lipinski definition) is 7. The molecular formula is C29H26N8O9S2. The van der Waals surface area contributed by atoms with Gasteiger partial charge in [-0.1, -0.05) is 17.3 Å². The van der Waals surface area contributed by atoms with Gasteiger partial charge >= 0.3 is 11.9 Å². The molecule has 1 aromatic heterocycles. The highest BCUT2D eigenvalue weighted by Crippen LogP contribution is 2.44. The van der Waals surface area contributed by atoms with E-state index in [1.165, 1.54) is 28.1 Å². The predicted octanol–water partition coefficient (Wildman–Crippen LogP) is 1.53. The monoisotopic (exact) mass is 694 g/mol. The van der Waals surface area contributed by atoms with Crippen LogP contribution >= 0.6 is 23.1 Å². The number of nitrogens with two attached hydrogens (primary N) is 1. The molecule has 248 valence electrons. The van der Waals surface area contributed by atoms with Gasteiger partial charge in [0.25, 0.3) is 5.91 Å². The average molecular weight is 695 g/mol. The van der Waals surface area contributed by atoms with Gasteiger partial charge in [-0.3, -0.25) is 14.5 Å². The largest absolute Gasteiger partial charge is 0.504 e. The van der Waals surface area contributed by atoms with Crippen LogP contribution in [-0.4, -0.2) is 87.5 Å². The van der Waals surface area contributed by atoms with Gasteiger partial charge in [-0.15, -0.1) is 23.1 Å². The number of benzene rings is 1. The van der Waals surface area contributed by atoms with Crippen molar-refractivity contribution in [1.29, 1.82) is 0 Å². The summed E-state index contributed by atoms with van der Waals surface area (Å²) in [6.07, 6.45) is 11.9. The minimum Gasteiger partial charge on any atom is -0.504 e. The van der Waals surface area contributed by atoms with Crippen molar-refractivity contribution in [1.82, 2.24) is 30.5 Å². The Bertz CT molecular complexity index is 1880. The number of aromatic carboxylic acids is 1. The zero-order chi connectivity index (χ0) is 34.1. The second kappa shape index (κ2) is 13.0. The lowest BCUT2D eigenvalue weighted by molar-refractivity contribution is -0.146. The summed E-state index contributed by atoms with van der Waals surface area (Å²) in [4.78, 5) is 62.6. The van der Waals surface area contributed by atoms with Gasteiger partial charge in [-0.25, -0.2) is 19.6 Å². The lowest BCUT2D eigenvalue weighted by atomic mass is 9.99. The number of aromatic hydroxyl groups is 2. The van der Waals surface area contributed by atoms with Gasteiger partial charge in [0.1, 0.15) is 34.4 Å². The Kier molecular flexibility index (Phi) is 8.70. The fourth-order valence-corrected chi connectivity index (χ4v) is 7.22. The third-order valence-corrected chi connectivity index (χ3v) is 9.42. The Morgan fingerprint density at radius 1 is 1.23 bits per heavy atom. The highest BCUT2D eigenvalue weighted by Gasteiger charge is 2.48. The number of anilines is 1. The highest BCUT2D eigenvalue weighted by molar-refractivity contribution is 8.00. The smallest absolute Gasteiger partial charge is 0.353 e. The Morgan fingerprint density at radius 3 is 2.75 bits per heavy atom. The van der Waals surface area contributed by atoms with E-state index < -0.39 is 51.8 Å². The van der Waals surface area contributed by atoms with Gasteiger partial charge in [0, 0.05) is 41.7 Å². The molecule has 0 radical (unpaired) electrons. The number of carbonyl (C=O) groups excluding carboxylic acids is 2. The number of phenols is 2. The molecule has 0 aliphatic carbocycles. The van der Waals surface area contributed by atoms with E-state index in [9.17, 15) is 39.6 Å². The molecule has 1 aromatic carbocycles. The topological polar surface area (TPSA) is 243 Å². The van der Waals surface area contributed by atoms with Crippen LogP contribution in [0.4, 0.5) is 5.13 Å². The number of carbonyl (C=O) groups is 4. The summed E-state index contributed by atoms with van der Waals surface area (Å²) in [5, 5.41) is 48.3. The maximum atomic E-state index is 13.1. The van der Waals surface area contributed by atoms with Crippen LogP contribution < -0.4 is 16.5 Å². The number of nitrogens with one attached hydrogen (secondary N) is 2. The molecule has 2 amide bonds. The number of fused-ring (bicyclic) bond motifs is 2. The maximum absolute atomic E-state index is 13.1. The van der Waals surface area contributed by atoms with Crippen molar-refractivity contribution in [3.05, 3.63) is 94.3 Å². The number of hydrogen-bond acceptors (Lipinski definition) is 15. The molecule has 2 aromatic rings. The minimum atomic E-state index is -1.57. The molecule has 0 spiro atoms. The molecule has 8 N–H and O–H groups in total. The number of carboxylic acid groups (broad SMARTS) is 2. The van der Waals surface area contributed by atoms with Crippen molar-refractivity contribution in [3.8, 4) is 11.5 Å². The van der Waals surface area contributed by atoms with Gasteiger partial charge in [0.05, 0.1) is 11.8 Å². The first-order valence-electron chi connectivity index (χ1n) is 14.0. The number of aromatic nitrogens is 1. The SMILES string of the molecule is Nc1nc(C(ON=CC(=O)NC2SC3CC(=O)N3C(C(=O)O)=C2/C=C/CN2C=CN3NC=CC=C23)c2ccc(O)c(O)c2C(=O)O)cs1. The van der Waals surface area contributed by atoms with Crippen LogP contribution in [0.5, 0.6) is 11.5 Å². The van der Waals surface area contributed by atoms with Crippen LogP contribution in [0.25, 0.3) is 0 Å². The van der Waals surface area contributed by atoms with Crippen molar-refractivity contribution < 1.29 is 44.4 Å². The van der Waals surface area contributed by atoms with Crippen LogP contribution in [0, 0.1) is 0 Å². The number of carboxylic acids is 2. The number of thiazole rings is 1. The van der Waals surface area contributed by atoms with E-state index >= 15 is 0 Å². The van der Waals surface area contributed by atoms with Gasteiger partial charge in [0.15, 0.2) is 22.7 Å². The van der Waals surface area contributed by atoms with E-state index in [2.05, 4.69) is 20.9 Å². The van der Waals surface area contributed by atoms with Crippen molar-refractivity contribution in [2.45, 2.75) is 23.3 Å². The van der Waals surface area contributed by atoms with Crippen LogP contribution in [0.15, 0.2) is 82.7 Å². The van der Waals surface area contributed by atoms with Gasteiger partial charge in [-0.05, 0) is 24.3 Å². The number of nitrogen functional groups attached to an aromatic ring is 1. The summed E-state index contributed by atoms with van der Waals surface area (Å²) in [5.74, 6) is -4.80. The molecule has 6 rings (SSSR count). The second-order valence-electron chi connectivity index (χ2n) is 10.3. The number of aliphatic carboxylic acids is 1. The van der Waals surface area contributed by atoms with Gasteiger partial charge < -0.3 is 46.6 Å². The van der Waals surface area contributed by atoms with E-state index in [4.69, 9.17) is 10.6 Å². The summed E-state index contributed by atoms with van der Waals surface area (Å²) in [5.41, 5.74) is 8.05. The summed E-state index contributed by atoms with van der Waals surface area (Å²) in [6.45, 7) is 0.344. The number of phenolic OH excluding ortho intramolecular Hbond substituents is 1.